The number of pyridine rings is 1. The first-order chi connectivity index (χ1) is 25.3. The van der Waals surface area contributed by atoms with Gasteiger partial charge in [0.05, 0.1) is 11.2 Å². The Labute approximate surface area is 293 Å². The Morgan fingerprint density at radius 3 is 1.57 bits per heavy atom. The van der Waals surface area contributed by atoms with Crippen LogP contribution in [0.2, 0.25) is 0 Å². The van der Waals surface area contributed by atoms with E-state index in [4.69, 9.17) is 24.4 Å². The molecule has 0 saturated heterocycles. The molecule has 5 heteroatoms. The molecular formula is C46H28N4O. The van der Waals surface area contributed by atoms with Crippen molar-refractivity contribution in [2.45, 2.75) is 0 Å². The molecule has 0 bridgehead atoms. The second-order valence-corrected chi connectivity index (χ2v) is 12.6. The lowest BCUT2D eigenvalue weighted by Gasteiger charge is -2.13. The zero-order valence-electron chi connectivity index (χ0n) is 27.4. The van der Waals surface area contributed by atoms with Gasteiger partial charge in [0, 0.05) is 49.2 Å². The van der Waals surface area contributed by atoms with E-state index >= 15 is 0 Å². The van der Waals surface area contributed by atoms with Crippen molar-refractivity contribution < 1.29 is 4.42 Å². The van der Waals surface area contributed by atoms with Gasteiger partial charge in [-0.3, -0.25) is 0 Å². The first-order valence-corrected chi connectivity index (χ1v) is 17.0. The van der Waals surface area contributed by atoms with E-state index in [1.165, 1.54) is 0 Å². The number of aromatic nitrogens is 4. The molecule has 10 rings (SSSR count). The zero-order valence-corrected chi connectivity index (χ0v) is 27.4. The van der Waals surface area contributed by atoms with Crippen molar-refractivity contribution in [3.63, 3.8) is 0 Å². The SMILES string of the molecule is c1ccc(-c2nc(-c3ccccc3)nc(-c3cccc(-c4ccc5c(c4)nc(-c4ccccc4)c4ccc6oc7ccccc7c6c45)c3)n2)cc1. The summed E-state index contributed by atoms with van der Waals surface area (Å²) in [5, 5.41) is 5.54. The summed E-state index contributed by atoms with van der Waals surface area (Å²) in [6.45, 7) is 0. The third-order valence-corrected chi connectivity index (χ3v) is 9.50. The summed E-state index contributed by atoms with van der Waals surface area (Å²) >= 11 is 0. The Hall–Kier alpha value is -6.98. The number of fused-ring (bicyclic) bond motifs is 7. The van der Waals surface area contributed by atoms with E-state index in [1.54, 1.807) is 0 Å². The summed E-state index contributed by atoms with van der Waals surface area (Å²) in [6.07, 6.45) is 0. The highest BCUT2D eigenvalue weighted by Gasteiger charge is 2.18. The number of hydrogen-bond acceptors (Lipinski definition) is 5. The molecule has 10 aromatic rings. The molecule has 0 atom stereocenters. The monoisotopic (exact) mass is 652 g/mol. The molecule has 3 heterocycles. The third kappa shape index (κ3) is 5.03. The van der Waals surface area contributed by atoms with Crippen molar-refractivity contribution in [2.24, 2.45) is 0 Å². The first-order valence-electron chi connectivity index (χ1n) is 17.0. The molecule has 0 N–H and O–H groups in total. The van der Waals surface area contributed by atoms with Crippen molar-refractivity contribution in [1.29, 1.82) is 0 Å². The molecule has 3 aromatic heterocycles. The molecule has 0 aliphatic heterocycles. The Balaban J connectivity index is 1.16. The summed E-state index contributed by atoms with van der Waals surface area (Å²) in [5.41, 5.74) is 9.58. The molecule has 0 aliphatic carbocycles. The number of furan rings is 1. The van der Waals surface area contributed by atoms with E-state index in [1.807, 2.05) is 78.9 Å². The third-order valence-electron chi connectivity index (χ3n) is 9.50. The van der Waals surface area contributed by atoms with Gasteiger partial charge in [0.1, 0.15) is 11.2 Å². The molecular weight excluding hydrogens is 625 g/mol. The highest BCUT2D eigenvalue weighted by Crippen LogP contribution is 2.42. The average Bonchev–Trinajstić information content (AvgIpc) is 3.60. The van der Waals surface area contributed by atoms with Crippen LogP contribution in [0.5, 0.6) is 0 Å². The van der Waals surface area contributed by atoms with Crippen LogP contribution in [-0.2, 0) is 0 Å². The second-order valence-electron chi connectivity index (χ2n) is 12.6. The van der Waals surface area contributed by atoms with Gasteiger partial charge in [0.25, 0.3) is 0 Å². The van der Waals surface area contributed by atoms with Gasteiger partial charge in [0.15, 0.2) is 17.5 Å². The van der Waals surface area contributed by atoms with Crippen LogP contribution in [0.25, 0.3) is 100 Å². The van der Waals surface area contributed by atoms with E-state index in [-0.39, 0.29) is 0 Å². The standard InChI is InChI=1S/C46H28N4O/c1-4-13-29(14-5-1)43-37-25-26-40-42(36-21-10-11-22-39(36)51-40)41(37)35-24-23-33(28-38(35)47-43)32-19-12-20-34(27-32)46-49-44(30-15-6-2-7-16-30)48-45(50-46)31-17-8-3-9-18-31/h1-28H. The topological polar surface area (TPSA) is 64.7 Å². The minimum Gasteiger partial charge on any atom is -0.456 e. The van der Waals surface area contributed by atoms with Crippen LogP contribution in [0.4, 0.5) is 0 Å². The summed E-state index contributed by atoms with van der Waals surface area (Å²) in [4.78, 5) is 20.1. The van der Waals surface area contributed by atoms with Crippen LogP contribution < -0.4 is 0 Å². The van der Waals surface area contributed by atoms with E-state index < -0.39 is 0 Å². The fraction of sp³-hybridized carbons (Fsp3) is 0. The second kappa shape index (κ2) is 11.9. The molecule has 7 aromatic carbocycles. The first kappa shape index (κ1) is 29.0. The van der Waals surface area contributed by atoms with Gasteiger partial charge in [-0.1, -0.05) is 140 Å². The molecule has 0 spiro atoms. The maximum absolute atomic E-state index is 6.34. The van der Waals surface area contributed by atoms with Gasteiger partial charge in [-0.05, 0) is 41.5 Å². The molecule has 0 fully saturated rings. The highest BCUT2D eigenvalue weighted by atomic mass is 16.3. The molecule has 0 radical (unpaired) electrons. The van der Waals surface area contributed by atoms with Crippen molar-refractivity contribution in [3.05, 3.63) is 170 Å². The molecule has 0 amide bonds. The smallest absolute Gasteiger partial charge is 0.164 e. The molecule has 5 nitrogen and oxygen atoms in total. The summed E-state index contributed by atoms with van der Waals surface area (Å²) in [7, 11) is 0. The van der Waals surface area contributed by atoms with Crippen molar-refractivity contribution >= 4 is 43.6 Å². The Morgan fingerprint density at radius 1 is 0.314 bits per heavy atom. The molecule has 238 valence electrons. The van der Waals surface area contributed by atoms with Crippen LogP contribution in [0, 0.1) is 0 Å². The quantitative estimate of drug-likeness (QED) is 0.173. The maximum atomic E-state index is 6.34. The Bertz CT molecular complexity index is 2840. The lowest BCUT2D eigenvalue weighted by molar-refractivity contribution is 0.669. The lowest BCUT2D eigenvalue weighted by atomic mass is 9.94. The lowest BCUT2D eigenvalue weighted by Crippen LogP contribution is -2.00. The van der Waals surface area contributed by atoms with Crippen LogP contribution in [0.15, 0.2) is 174 Å². The van der Waals surface area contributed by atoms with Gasteiger partial charge in [-0.15, -0.1) is 0 Å². The molecule has 51 heavy (non-hydrogen) atoms. The van der Waals surface area contributed by atoms with Gasteiger partial charge in [-0.2, -0.15) is 0 Å². The van der Waals surface area contributed by atoms with Crippen LogP contribution in [-0.4, -0.2) is 19.9 Å². The highest BCUT2D eigenvalue weighted by molar-refractivity contribution is 6.28. The van der Waals surface area contributed by atoms with Gasteiger partial charge < -0.3 is 4.42 Å². The fourth-order valence-corrected chi connectivity index (χ4v) is 7.08. The van der Waals surface area contributed by atoms with Gasteiger partial charge in [0.2, 0.25) is 0 Å². The van der Waals surface area contributed by atoms with E-state index in [2.05, 4.69) is 91.0 Å². The summed E-state index contributed by atoms with van der Waals surface area (Å²) in [5.74, 6) is 1.89. The van der Waals surface area contributed by atoms with Crippen molar-refractivity contribution in [2.75, 3.05) is 0 Å². The van der Waals surface area contributed by atoms with Crippen LogP contribution in [0.3, 0.4) is 0 Å². The molecule has 0 aliphatic rings. The number of benzene rings is 7. The minimum atomic E-state index is 0.620. The number of rotatable bonds is 5. The molecule has 0 saturated carbocycles. The predicted molar refractivity (Wildman–Crippen MR) is 207 cm³/mol. The minimum absolute atomic E-state index is 0.620. The van der Waals surface area contributed by atoms with E-state index in [0.717, 1.165) is 82.7 Å². The zero-order chi connectivity index (χ0) is 33.7. The average molecular weight is 653 g/mol. The number of hydrogen-bond donors (Lipinski definition) is 0. The van der Waals surface area contributed by atoms with Crippen molar-refractivity contribution in [3.8, 4) is 56.5 Å². The Morgan fingerprint density at radius 2 is 0.863 bits per heavy atom. The van der Waals surface area contributed by atoms with E-state index in [9.17, 15) is 0 Å². The predicted octanol–water partition coefficient (Wildman–Crippen LogP) is 11.8. The molecule has 0 unspecified atom stereocenters. The van der Waals surface area contributed by atoms with E-state index in [0.29, 0.717) is 17.5 Å². The van der Waals surface area contributed by atoms with Gasteiger partial charge >= 0.3 is 0 Å². The van der Waals surface area contributed by atoms with Crippen LogP contribution in [0.1, 0.15) is 0 Å². The van der Waals surface area contributed by atoms with Crippen molar-refractivity contribution in [1.82, 2.24) is 19.9 Å². The summed E-state index contributed by atoms with van der Waals surface area (Å²) < 4.78 is 6.34. The fourth-order valence-electron chi connectivity index (χ4n) is 7.08. The Kier molecular flexibility index (Phi) is 6.74. The van der Waals surface area contributed by atoms with Gasteiger partial charge in [-0.25, -0.2) is 19.9 Å². The normalized spacial score (nSPS) is 11.5. The number of para-hydroxylation sites is 1. The van der Waals surface area contributed by atoms with Crippen LogP contribution >= 0.6 is 0 Å². The summed E-state index contributed by atoms with van der Waals surface area (Å²) in [6, 6.07) is 58.0. The number of nitrogens with zero attached hydrogens (tertiary/aromatic N) is 4. The largest absolute Gasteiger partial charge is 0.456 e. The maximum Gasteiger partial charge on any atom is 0.164 e.